The number of rotatable bonds is 7. The largest absolute Gasteiger partial charge is 0.457 e. The summed E-state index contributed by atoms with van der Waals surface area (Å²) in [5, 5.41) is 8.15. The highest BCUT2D eigenvalue weighted by Crippen LogP contribution is 2.42. The van der Waals surface area contributed by atoms with Crippen molar-refractivity contribution in [1.29, 1.82) is 0 Å². The molecule has 276 valence electrons. The second kappa shape index (κ2) is 13.5. The van der Waals surface area contributed by atoms with E-state index in [1.165, 1.54) is 32.9 Å². The normalized spacial score (nSPS) is 11.8. The summed E-state index contributed by atoms with van der Waals surface area (Å²) in [6.45, 7) is 6.71. The van der Waals surface area contributed by atoms with Crippen molar-refractivity contribution in [2.24, 2.45) is 0 Å². The Bertz CT molecular complexity index is 3130. The van der Waals surface area contributed by atoms with Crippen LogP contribution in [0.25, 0.3) is 66.2 Å². The Morgan fingerprint density at radius 3 is 2.16 bits per heavy atom. The lowest BCUT2D eigenvalue weighted by Crippen LogP contribution is -2.12. The van der Waals surface area contributed by atoms with Crippen LogP contribution in [-0.2, 0) is 5.41 Å². The Hall–Kier alpha value is -7.31. The van der Waals surface area contributed by atoms with E-state index in [2.05, 4.69) is 157 Å². The van der Waals surface area contributed by atoms with Gasteiger partial charge in [0.1, 0.15) is 17.3 Å². The molecule has 0 bridgehead atoms. The highest BCUT2D eigenvalue weighted by atomic mass is 16.5. The molecule has 10 rings (SSSR count). The van der Waals surface area contributed by atoms with Crippen LogP contribution in [0.2, 0.25) is 0 Å². The zero-order chi connectivity index (χ0) is 38.7. The van der Waals surface area contributed by atoms with Crippen molar-refractivity contribution in [2.75, 3.05) is 11.1 Å². The lowest BCUT2D eigenvalue weighted by molar-refractivity contribution is 0.483. The molecule has 0 amide bonds. The minimum atomic E-state index is -0.0444. The molecule has 0 atom stereocenters. The molecule has 0 spiro atoms. The van der Waals surface area contributed by atoms with Crippen LogP contribution in [0, 0.1) is 0 Å². The number of nitrogens with one attached hydrogen (secondary N) is 1. The third-order valence-electron chi connectivity index (χ3n) is 10.9. The van der Waals surface area contributed by atoms with Gasteiger partial charge in [-0.3, -0.25) is 4.57 Å². The number of nitrogens with zero attached hydrogens (tertiary/aromatic N) is 3. The molecule has 0 aliphatic heterocycles. The van der Waals surface area contributed by atoms with E-state index in [1.54, 1.807) is 0 Å². The maximum absolute atomic E-state index is 6.58. The first kappa shape index (κ1) is 34.2. The number of nitrogens with two attached hydrogens (primary N) is 1. The fourth-order valence-corrected chi connectivity index (χ4v) is 8.12. The van der Waals surface area contributed by atoms with Crippen molar-refractivity contribution in [2.45, 2.75) is 26.2 Å². The van der Waals surface area contributed by atoms with Gasteiger partial charge in [-0.15, -0.1) is 0 Å². The maximum Gasteiger partial charge on any atom is 0.137 e. The minimum Gasteiger partial charge on any atom is -0.457 e. The van der Waals surface area contributed by atoms with Gasteiger partial charge < -0.3 is 20.4 Å². The van der Waals surface area contributed by atoms with Crippen molar-refractivity contribution < 1.29 is 4.74 Å². The number of hydrogen-bond donors (Lipinski definition) is 2. The van der Waals surface area contributed by atoms with Crippen LogP contribution in [0.4, 0.5) is 17.1 Å². The van der Waals surface area contributed by atoms with Gasteiger partial charge in [-0.05, 0) is 95.4 Å². The summed E-state index contributed by atoms with van der Waals surface area (Å²) < 4.78 is 11.3. The summed E-state index contributed by atoms with van der Waals surface area (Å²) >= 11 is 0. The highest BCUT2D eigenvalue weighted by molar-refractivity contribution is 6.15. The van der Waals surface area contributed by atoms with E-state index >= 15 is 0 Å². The van der Waals surface area contributed by atoms with Crippen LogP contribution in [-0.4, -0.2) is 14.1 Å². The Morgan fingerprint density at radius 1 is 0.561 bits per heavy atom. The molecule has 3 heterocycles. The average molecular weight is 740 g/mol. The summed E-state index contributed by atoms with van der Waals surface area (Å²) in [6.07, 6.45) is 1.92. The topological polar surface area (TPSA) is 70.0 Å². The summed E-state index contributed by atoms with van der Waals surface area (Å²) in [4.78, 5) is 4.96. The van der Waals surface area contributed by atoms with Crippen LogP contribution in [0.1, 0.15) is 26.3 Å². The van der Waals surface area contributed by atoms with Gasteiger partial charge >= 0.3 is 0 Å². The molecule has 7 aromatic carbocycles. The van der Waals surface area contributed by atoms with Crippen LogP contribution in [0.3, 0.4) is 0 Å². The molecule has 57 heavy (non-hydrogen) atoms. The second-order valence-electron chi connectivity index (χ2n) is 15.6. The Balaban J connectivity index is 1.14. The molecule has 0 radical (unpaired) electrons. The molecule has 0 aliphatic carbocycles. The molecule has 3 N–H and O–H groups in total. The van der Waals surface area contributed by atoms with Crippen LogP contribution in [0.15, 0.2) is 176 Å². The van der Waals surface area contributed by atoms with Crippen molar-refractivity contribution in [3.8, 4) is 34.1 Å². The Morgan fingerprint density at radius 2 is 1.30 bits per heavy atom. The number of benzene rings is 7. The molecule has 3 aromatic heterocycles. The highest BCUT2D eigenvalue weighted by Gasteiger charge is 2.21. The van der Waals surface area contributed by atoms with Crippen LogP contribution < -0.4 is 15.8 Å². The smallest absolute Gasteiger partial charge is 0.137 e. The third-order valence-corrected chi connectivity index (χ3v) is 10.9. The molecular formula is C51H41N5O. The molecule has 0 unspecified atom stereocenters. The fraction of sp³-hybridized carbons (Fsp3) is 0.0784. The van der Waals surface area contributed by atoms with E-state index < -0.39 is 0 Å². The minimum absolute atomic E-state index is 0.0444. The fourth-order valence-electron chi connectivity index (χ4n) is 8.12. The molecule has 0 saturated heterocycles. The van der Waals surface area contributed by atoms with Crippen molar-refractivity contribution >= 4 is 60.7 Å². The number of ether oxygens (including phenoxy) is 1. The molecule has 0 saturated carbocycles. The van der Waals surface area contributed by atoms with E-state index in [9.17, 15) is 0 Å². The van der Waals surface area contributed by atoms with Gasteiger partial charge in [-0.1, -0.05) is 99.6 Å². The number of hydrogen-bond acceptors (Lipinski definition) is 4. The van der Waals surface area contributed by atoms with Gasteiger partial charge in [0.15, 0.2) is 0 Å². The lowest BCUT2D eigenvalue weighted by Gasteiger charge is -2.20. The van der Waals surface area contributed by atoms with Crippen molar-refractivity contribution in [1.82, 2.24) is 14.1 Å². The molecule has 6 nitrogen and oxygen atoms in total. The van der Waals surface area contributed by atoms with Gasteiger partial charge in [-0.2, -0.15) is 0 Å². The summed E-state index contributed by atoms with van der Waals surface area (Å²) in [6, 6.07) is 59.2. The summed E-state index contributed by atoms with van der Waals surface area (Å²) in [7, 11) is 0. The number of anilines is 3. The summed E-state index contributed by atoms with van der Waals surface area (Å²) in [5.74, 6) is 2.31. The van der Waals surface area contributed by atoms with E-state index in [1.807, 2.05) is 54.7 Å². The molecule has 6 heteroatoms. The second-order valence-corrected chi connectivity index (χ2v) is 15.6. The number of fused-ring (bicyclic) bond motifs is 6. The first-order valence-corrected chi connectivity index (χ1v) is 19.3. The number of pyridine rings is 1. The lowest BCUT2D eigenvalue weighted by atomic mass is 9.88. The SMILES string of the molecule is CC(C)(C)c1ccnc(-n2c3ccc(-c4cccc5c6ccccc6n(-c6ccccc6)c45)cc3c3ccc(Oc4cccc(Nc5ccccc5N)c4)cc32)c1. The van der Waals surface area contributed by atoms with E-state index in [0.29, 0.717) is 11.4 Å². The monoisotopic (exact) mass is 739 g/mol. The van der Waals surface area contributed by atoms with E-state index in [4.69, 9.17) is 15.5 Å². The summed E-state index contributed by atoms with van der Waals surface area (Å²) in [5.41, 5.74) is 17.7. The Labute approximate surface area is 331 Å². The zero-order valence-corrected chi connectivity index (χ0v) is 32.1. The maximum atomic E-state index is 6.58. The Kier molecular flexibility index (Phi) is 8.08. The van der Waals surface area contributed by atoms with Gasteiger partial charge in [0, 0.05) is 56.8 Å². The predicted molar refractivity (Wildman–Crippen MR) is 238 cm³/mol. The first-order chi connectivity index (χ1) is 27.8. The molecule has 0 fully saturated rings. The number of nitrogen functional groups attached to an aromatic ring is 1. The third kappa shape index (κ3) is 6.03. The van der Waals surface area contributed by atoms with E-state index in [-0.39, 0.29) is 5.41 Å². The van der Waals surface area contributed by atoms with Gasteiger partial charge in [-0.25, -0.2) is 4.98 Å². The molecular weight excluding hydrogens is 699 g/mol. The van der Waals surface area contributed by atoms with Crippen molar-refractivity contribution in [3.63, 3.8) is 0 Å². The van der Waals surface area contributed by atoms with Crippen molar-refractivity contribution in [3.05, 3.63) is 182 Å². The molecule has 10 aromatic rings. The quantitative estimate of drug-likeness (QED) is 0.160. The zero-order valence-electron chi connectivity index (χ0n) is 32.1. The standard InChI is InChI=1S/C51H41N5O/c1-51(2,3)34-27-28-53-49(30-34)56-47-26-23-33(39-18-12-19-42-40-17-7-10-22-46(40)55(50(39)42)36-14-5-4-6-15-36)29-43(47)41-25-24-38(32-48(41)56)57-37-16-11-13-35(31-37)54-45-21-9-8-20-44(45)52/h4-32,54H,52H2,1-3H3. The van der Waals surface area contributed by atoms with Gasteiger partial charge in [0.05, 0.1) is 33.4 Å². The first-order valence-electron chi connectivity index (χ1n) is 19.3. The van der Waals surface area contributed by atoms with Gasteiger partial charge in [0.2, 0.25) is 0 Å². The van der Waals surface area contributed by atoms with Crippen LogP contribution >= 0.6 is 0 Å². The number of aromatic nitrogens is 3. The predicted octanol–water partition coefficient (Wildman–Crippen LogP) is 13.4. The van der Waals surface area contributed by atoms with Crippen LogP contribution in [0.5, 0.6) is 11.5 Å². The van der Waals surface area contributed by atoms with Gasteiger partial charge in [0.25, 0.3) is 0 Å². The average Bonchev–Trinajstić information content (AvgIpc) is 3.74. The molecule has 0 aliphatic rings. The number of para-hydroxylation sites is 5. The van der Waals surface area contributed by atoms with E-state index in [0.717, 1.165) is 56.0 Å².